The van der Waals surface area contributed by atoms with Crippen molar-refractivity contribution in [1.29, 1.82) is 0 Å². The molecule has 5 rings (SSSR count). The van der Waals surface area contributed by atoms with E-state index in [4.69, 9.17) is 4.74 Å². The van der Waals surface area contributed by atoms with Gasteiger partial charge >= 0.3 is 0 Å². The minimum Gasteiger partial charge on any atom is -0.372 e. The quantitative estimate of drug-likeness (QED) is 0.456. The molecule has 0 saturated carbocycles. The zero-order chi connectivity index (χ0) is 23.8. The monoisotopic (exact) mass is 463 g/mol. The van der Waals surface area contributed by atoms with Gasteiger partial charge < -0.3 is 15.0 Å². The van der Waals surface area contributed by atoms with Gasteiger partial charge in [0.25, 0.3) is 5.91 Å². The normalized spacial score (nSPS) is 18.3. The Morgan fingerprint density at radius 3 is 2.65 bits per heavy atom. The molecular formula is C25H23F2N5O2. The number of aromatic nitrogens is 3. The van der Waals surface area contributed by atoms with Crippen LogP contribution in [0.25, 0.3) is 22.0 Å². The Morgan fingerprint density at radius 1 is 1.12 bits per heavy atom. The standard InChI is InChI=1S/C25H23F2N5O2/c1-14-12-32(13-15(2)34-14)22-9-7-17(11-28-22)29-25(33)24-19-10-16(6-8-21(19)30-31-24)18-4-3-5-20(26)23(18)27/h3-11,14-15H,12-13H2,1-2H3,(H,29,33)(H,30,31). The smallest absolute Gasteiger partial charge is 0.276 e. The lowest BCUT2D eigenvalue weighted by Gasteiger charge is -2.36. The maximum absolute atomic E-state index is 14.3. The first-order valence-corrected chi connectivity index (χ1v) is 11.0. The number of benzene rings is 2. The summed E-state index contributed by atoms with van der Waals surface area (Å²) in [5, 5.41) is 10.2. The van der Waals surface area contributed by atoms with Crippen molar-refractivity contribution in [2.24, 2.45) is 0 Å². The second kappa shape index (κ2) is 8.83. The van der Waals surface area contributed by atoms with Crippen LogP contribution in [-0.4, -0.2) is 46.4 Å². The Balaban J connectivity index is 1.37. The lowest BCUT2D eigenvalue weighted by molar-refractivity contribution is -0.00545. The number of fused-ring (bicyclic) bond motifs is 1. The number of hydrogen-bond donors (Lipinski definition) is 2. The highest BCUT2D eigenvalue weighted by molar-refractivity contribution is 6.11. The number of anilines is 2. The first-order chi connectivity index (χ1) is 16.4. The van der Waals surface area contributed by atoms with Crippen molar-refractivity contribution in [3.8, 4) is 11.1 Å². The fourth-order valence-corrected chi connectivity index (χ4v) is 4.28. The molecule has 2 N–H and O–H groups in total. The Morgan fingerprint density at radius 2 is 1.91 bits per heavy atom. The van der Waals surface area contributed by atoms with Gasteiger partial charge in [-0.3, -0.25) is 9.89 Å². The molecule has 0 radical (unpaired) electrons. The Hall–Kier alpha value is -3.85. The van der Waals surface area contributed by atoms with E-state index >= 15 is 0 Å². The van der Waals surface area contributed by atoms with Crippen LogP contribution in [0.3, 0.4) is 0 Å². The lowest BCUT2D eigenvalue weighted by Crippen LogP contribution is -2.45. The molecule has 7 nitrogen and oxygen atoms in total. The number of carbonyl (C=O) groups is 1. The van der Waals surface area contributed by atoms with Gasteiger partial charge in [0.05, 0.1) is 29.6 Å². The van der Waals surface area contributed by atoms with Crippen LogP contribution in [0.15, 0.2) is 54.7 Å². The highest BCUT2D eigenvalue weighted by Crippen LogP contribution is 2.29. The van der Waals surface area contributed by atoms with Gasteiger partial charge in [0.15, 0.2) is 17.3 Å². The minimum absolute atomic E-state index is 0.112. The molecule has 1 aliphatic rings. The van der Waals surface area contributed by atoms with Crippen LogP contribution in [0.4, 0.5) is 20.3 Å². The summed E-state index contributed by atoms with van der Waals surface area (Å²) in [4.78, 5) is 19.6. The number of pyridine rings is 1. The lowest BCUT2D eigenvalue weighted by atomic mass is 10.0. The average Bonchev–Trinajstić information content (AvgIpc) is 3.24. The van der Waals surface area contributed by atoms with E-state index in [0.29, 0.717) is 22.2 Å². The number of ether oxygens (including phenoxy) is 1. The largest absolute Gasteiger partial charge is 0.372 e. The van der Waals surface area contributed by atoms with Crippen LogP contribution < -0.4 is 10.2 Å². The predicted octanol–water partition coefficient (Wildman–Crippen LogP) is 4.77. The number of amides is 1. The van der Waals surface area contributed by atoms with E-state index in [1.54, 1.807) is 30.5 Å². The van der Waals surface area contributed by atoms with E-state index in [0.717, 1.165) is 25.0 Å². The first-order valence-electron chi connectivity index (χ1n) is 11.0. The van der Waals surface area contributed by atoms with E-state index in [-0.39, 0.29) is 23.5 Å². The fourth-order valence-electron chi connectivity index (χ4n) is 4.28. The van der Waals surface area contributed by atoms with E-state index in [1.807, 2.05) is 19.9 Å². The van der Waals surface area contributed by atoms with Crippen molar-refractivity contribution in [3.63, 3.8) is 0 Å². The Bertz CT molecular complexity index is 1350. The molecule has 0 bridgehead atoms. The van der Waals surface area contributed by atoms with Gasteiger partial charge in [-0.25, -0.2) is 13.8 Å². The summed E-state index contributed by atoms with van der Waals surface area (Å²) < 4.78 is 33.7. The summed E-state index contributed by atoms with van der Waals surface area (Å²) in [5.41, 5.74) is 1.83. The van der Waals surface area contributed by atoms with Crippen molar-refractivity contribution < 1.29 is 18.3 Å². The number of carbonyl (C=O) groups excluding carboxylic acids is 1. The third-order valence-corrected chi connectivity index (χ3v) is 5.79. The van der Waals surface area contributed by atoms with E-state index in [9.17, 15) is 13.6 Å². The molecule has 1 aliphatic heterocycles. The van der Waals surface area contributed by atoms with E-state index < -0.39 is 17.5 Å². The highest BCUT2D eigenvalue weighted by Gasteiger charge is 2.23. The molecule has 2 atom stereocenters. The minimum atomic E-state index is -0.938. The molecule has 2 aromatic heterocycles. The highest BCUT2D eigenvalue weighted by atomic mass is 19.2. The van der Waals surface area contributed by atoms with Crippen LogP contribution in [0.2, 0.25) is 0 Å². The van der Waals surface area contributed by atoms with Crippen LogP contribution in [0, 0.1) is 11.6 Å². The second-order valence-electron chi connectivity index (χ2n) is 8.46. The number of hydrogen-bond acceptors (Lipinski definition) is 5. The molecule has 1 saturated heterocycles. The third-order valence-electron chi connectivity index (χ3n) is 5.79. The third kappa shape index (κ3) is 4.22. The number of rotatable bonds is 4. The summed E-state index contributed by atoms with van der Waals surface area (Å²) in [6, 6.07) is 12.6. The molecule has 2 unspecified atom stereocenters. The van der Waals surface area contributed by atoms with Gasteiger partial charge in [-0.2, -0.15) is 5.10 Å². The fraction of sp³-hybridized carbons (Fsp3) is 0.240. The van der Waals surface area contributed by atoms with Crippen molar-refractivity contribution >= 4 is 28.3 Å². The topological polar surface area (TPSA) is 83.1 Å². The number of nitrogens with one attached hydrogen (secondary N) is 2. The number of aromatic amines is 1. The number of morpholine rings is 1. The van der Waals surface area contributed by atoms with Crippen molar-refractivity contribution in [2.45, 2.75) is 26.1 Å². The van der Waals surface area contributed by atoms with E-state index in [2.05, 4.69) is 25.4 Å². The summed E-state index contributed by atoms with van der Waals surface area (Å²) in [5.74, 6) is -1.50. The molecule has 0 aliphatic carbocycles. The van der Waals surface area contributed by atoms with Gasteiger partial charge in [-0.1, -0.05) is 18.2 Å². The summed E-state index contributed by atoms with van der Waals surface area (Å²) in [6.45, 7) is 5.55. The second-order valence-corrected chi connectivity index (χ2v) is 8.46. The van der Waals surface area contributed by atoms with Gasteiger partial charge in [-0.15, -0.1) is 0 Å². The predicted molar refractivity (Wildman–Crippen MR) is 126 cm³/mol. The SMILES string of the molecule is CC1CN(c2ccc(NC(=O)c3n[nH]c4ccc(-c5cccc(F)c5F)cc34)cn2)CC(C)O1. The molecule has 34 heavy (non-hydrogen) atoms. The van der Waals surface area contributed by atoms with Crippen LogP contribution in [-0.2, 0) is 4.74 Å². The molecular weight excluding hydrogens is 440 g/mol. The van der Waals surface area contributed by atoms with Crippen molar-refractivity contribution in [3.05, 3.63) is 72.1 Å². The summed E-state index contributed by atoms with van der Waals surface area (Å²) in [7, 11) is 0. The van der Waals surface area contributed by atoms with Gasteiger partial charge in [0.1, 0.15) is 5.82 Å². The van der Waals surface area contributed by atoms with Gasteiger partial charge in [-0.05, 0) is 49.7 Å². The first kappa shape index (κ1) is 22.0. The molecule has 2 aromatic carbocycles. The van der Waals surface area contributed by atoms with Gasteiger partial charge in [0, 0.05) is 24.0 Å². The average molecular weight is 463 g/mol. The number of H-pyrrole nitrogens is 1. The Kier molecular flexibility index (Phi) is 5.70. The maximum atomic E-state index is 14.3. The number of nitrogens with zero attached hydrogens (tertiary/aromatic N) is 3. The number of halogens is 2. The zero-order valence-corrected chi connectivity index (χ0v) is 18.7. The zero-order valence-electron chi connectivity index (χ0n) is 18.7. The molecule has 1 fully saturated rings. The van der Waals surface area contributed by atoms with Crippen LogP contribution in [0.5, 0.6) is 0 Å². The summed E-state index contributed by atoms with van der Waals surface area (Å²) in [6.07, 6.45) is 1.83. The van der Waals surface area contributed by atoms with Gasteiger partial charge in [0.2, 0.25) is 0 Å². The molecule has 0 spiro atoms. The molecule has 9 heteroatoms. The van der Waals surface area contributed by atoms with Crippen LogP contribution >= 0.6 is 0 Å². The maximum Gasteiger partial charge on any atom is 0.276 e. The molecule has 174 valence electrons. The summed E-state index contributed by atoms with van der Waals surface area (Å²) >= 11 is 0. The molecule has 4 aromatic rings. The molecule has 1 amide bonds. The van der Waals surface area contributed by atoms with E-state index in [1.165, 1.54) is 12.1 Å². The van der Waals surface area contributed by atoms with Crippen molar-refractivity contribution in [2.75, 3.05) is 23.3 Å². The molecule has 3 heterocycles. The Labute approximate surface area is 194 Å². The van der Waals surface area contributed by atoms with Crippen LogP contribution in [0.1, 0.15) is 24.3 Å². The van der Waals surface area contributed by atoms with Crippen molar-refractivity contribution in [1.82, 2.24) is 15.2 Å².